The highest BCUT2D eigenvalue weighted by atomic mass is 35.5. The Bertz CT molecular complexity index is 1520. The first kappa shape index (κ1) is 28.5. The molecule has 11 heteroatoms. The van der Waals surface area contributed by atoms with E-state index in [9.17, 15) is 14.4 Å². The molecule has 0 bridgehead atoms. The van der Waals surface area contributed by atoms with Gasteiger partial charge in [-0.2, -0.15) is 0 Å². The number of carbonyl (C=O) groups is 3. The van der Waals surface area contributed by atoms with Crippen molar-refractivity contribution in [2.45, 2.75) is 57.6 Å². The maximum atomic E-state index is 14.3. The second-order valence-corrected chi connectivity index (χ2v) is 12.0. The fraction of sp³-hybridized carbons (Fsp3) is 0.516. The van der Waals surface area contributed by atoms with Gasteiger partial charge in [0.05, 0.1) is 11.6 Å². The highest BCUT2D eigenvalue weighted by molar-refractivity contribution is 6.31. The summed E-state index contributed by atoms with van der Waals surface area (Å²) in [7, 11) is 3.49. The van der Waals surface area contributed by atoms with Crippen LogP contribution >= 0.6 is 11.6 Å². The van der Waals surface area contributed by atoms with Crippen molar-refractivity contribution in [1.82, 2.24) is 30.1 Å². The molecule has 42 heavy (non-hydrogen) atoms. The van der Waals surface area contributed by atoms with E-state index in [0.29, 0.717) is 62.7 Å². The van der Waals surface area contributed by atoms with E-state index < -0.39 is 6.04 Å². The van der Waals surface area contributed by atoms with Crippen LogP contribution in [-0.4, -0.2) is 69.2 Å². The Morgan fingerprint density at radius 1 is 1.07 bits per heavy atom. The molecule has 10 nitrogen and oxygen atoms in total. The Morgan fingerprint density at radius 2 is 1.88 bits per heavy atom. The van der Waals surface area contributed by atoms with Crippen molar-refractivity contribution in [1.29, 1.82) is 0 Å². The molecular weight excluding hydrogens is 556 g/mol. The molecule has 2 fully saturated rings. The van der Waals surface area contributed by atoms with Crippen LogP contribution in [0.5, 0.6) is 5.75 Å². The number of hydrogen-bond donors (Lipinski definition) is 1. The largest absolute Gasteiger partial charge is 0.489 e. The quantitative estimate of drug-likeness (QED) is 0.447. The molecular formula is C31H37ClN6O4. The lowest BCUT2D eigenvalue weighted by Crippen LogP contribution is -2.50. The van der Waals surface area contributed by atoms with Gasteiger partial charge in [-0.25, -0.2) is 4.68 Å². The van der Waals surface area contributed by atoms with E-state index in [1.165, 1.54) is 0 Å². The second kappa shape index (κ2) is 11.9. The Balaban J connectivity index is 1.34. The molecule has 0 spiro atoms. The predicted octanol–water partition coefficient (Wildman–Crippen LogP) is 3.80. The van der Waals surface area contributed by atoms with Gasteiger partial charge in [0.15, 0.2) is 0 Å². The fourth-order valence-corrected chi connectivity index (χ4v) is 7.20. The van der Waals surface area contributed by atoms with Crippen LogP contribution in [0.4, 0.5) is 0 Å². The summed E-state index contributed by atoms with van der Waals surface area (Å²) >= 11 is 6.76. The molecule has 1 saturated heterocycles. The normalized spacial score (nSPS) is 22.4. The van der Waals surface area contributed by atoms with Gasteiger partial charge in [0.1, 0.15) is 17.9 Å². The molecule has 6 rings (SSSR count). The third kappa shape index (κ3) is 5.32. The second-order valence-electron chi connectivity index (χ2n) is 11.6. The summed E-state index contributed by atoms with van der Waals surface area (Å²) < 4.78 is 8.18. The van der Waals surface area contributed by atoms with Crippen molar-refractivity contribution < 1.29 is 19.1 Å². The lowest BCUT2D eigenvalue weighted by molar-refractivity contribution is -0.147. The van der Waals surface area contributed by atoms with E-state index in [1.807, 2.05) is 47.2 Å². The Morgan fingerprint density at radius 3 is 2.64 bits per heavy atom. The molecule has 3 atom stereocenters. The summed E-state index contributed by atoms with van der Waals surface area (Å²) in [5, 5.41) is 11.7. The number of halogens is 1. The van der Waals surface area contributed by atoms with Crippen molar-refractivity contribution in [3.8, 4) is 5.75 Å². The zero-order chi connectivity index (χ0) is 29.4. The smallest absolute Gasteiger partial charge is 0.227 e. The highest BCUT2D eigenvalue weighted by Gasteiger charge is 2.43. The summed E-state index contributed by atoms with van der Waals surface area (Å²) in [5.41, 5.74) is 4.47. The van der Waals surface area contributed by atoms with Gasteiger partial charge in [-0.3, -0.25) is 14.4 Å². The van der Waals surface area contributed by atoms with Crippen LogP contribution in [0.3, 0.4) is 0 Å². The van der Waals surface area contributed by atoms with Crippen LogP contribution in [0.1, 0.15) is 61.3 Å². The van der Waals surface area contributed by atoms with Gasteiger partial charge < -0.3 is 19.9 Å². The molecule has 3 aliphatic rings. The number of rotatable bonds is 7. The number of benzene rings is 2. The predicted molar refractivity (Wildman–Crippen MR) is 158 cm³/mol. The van der Waals surface area contributed by atoms with E-state index in [0.717, 1.165) is 47.0 Å². The molecule has 2 aromatic carbocycles. The number of likely N-dealkylation sites (tertiary alicyclic amines) is 1. The number of fused-ring (bicyclic) bond motifs is 2. The molecule has 3 heterocycles. The summed E-state index contributed by atoms with van der Waals surface area (Å²) in [6, 6.07) is 9.21. The van der Waals surface area contributed by atoms with Gasteiger partial charge in [0.2, 0.25) is 17.7 Å². The Hall–Kier alpha value is -3.66. The van der Waals surface area contributed by atoms with Crippen molar-refractivity contribution in [3.05, 3.63) is 52.0 Å². The lowest BCUT2D eigenvalue weighted by atomic mass is 9.77. The van der Waals surface area contributed by atoms with Crippen LogP contribution in [0.25, 0.3) is 11.0 Å². The van der Waals surface area contributed by atoms with Crippen molar-refractivity contribution in [2.75, 3.05) is 26.7 Å². The molecule has 2 aliphatic heterocycles. The minimum absolute atomic E-state index is 0.0235. The number of nitrogens with zero attached hydrogens (tertiary/aromatic N) is 5. The van der Waals surface area contributed by atoms with Crippen LogP contribution in [-0.2, 0) is 34.5 Å². The third-order valence-corrected chi connectivity index (χ3v) is 9.51. The van der Waals surface area contributed by atoms with E-state index in [2.05, 4.69) is 15.6 Å². The van der Waals surface area contributed by atoms with Gasteiger partial charge in [0.25, 0.3) is 0 Å². The maximum Gasteiger partial charge on any atom is 0.227 e. The SMILES string of the molecule is CNC(=O)C1CCCCC1C(=O)N1CCc2c(Cl)ccc(OCc3ccc4c(c3)nnn4C)c2[C@H]1CN1CCCC1=O. The number of nitrogens with one attached hydrogen (secondary N) is 1. The zero-order valence-corrected chi connectivity index (χ0v) is 24.9. The molecule has 0 radical (unpaired) electrons. The maximum absolute atomic E-state index is 14.3. The van der Waals surface area contributed by atoms with Crippen LogP contribution < -0.4 is 10.1 Å². The minimum atomic E-state index is -0.424. The van der Waals surface area contributed by atoms with Crippen LogP contribution in [0.15, 0.2) is 30.3 Å². The molecule has 2 unspecified atom stereocenters. The first-order valence-electron chi connectivity index (χ1n) is 14.9. The van der Waals surface area contributed by atoms with E-state index in [1.54, 1.807) is 11.7 Å². The number of ether oxygens (including phenoxy) is 1. The number of carbonyl (C=O) groups excluding carboxylic acids is 3. The van der Waals surface area contributed by atoms with Crippen LogP contribution in [0.2, 0.25) is 5.02 Å². The number of aryl methyl sites for hydroxylation is 1. The average molecular weight is 593 g/mol. The molecule has 1 aromatic heterocycles. The van der Waals surface area contributed by atoms with Gasteiger partial charge in [-0.1, -0.05) is 35.7 Å². The summed E-state index contributed by atoms with van der Waals surface area (Å²) in [4.78, 5) is 43.6. The molecule has 1 N–H and O–H groups in total. The van der Waals surface area contributed by atoms with E-state index in [-0.39, 0.29) is 29.6 Å². The molecule has 1 saturated carbocycles. The number of aromatic nitrogens is 3. The standard InChI is InChI=1S/C31H37ClN6O4/c1-33-30(40)20-6-3-4-7-21(20)31(41)38-15-13-22-23(32)10-12-27(29(22)26(38)17-37-14-5-8-28(37)39)42-18-19-9-11-25-24(16-19)34-35-36(25)2/h9-12,16,20-21,26H,3-8,13-15,17-18H2,1-2H3,(H,33,40)/t20?,21?,26-/m1/s1. The summed E-state index contributed by atoms with van der Waals surface area (Å²) in [6.07, 6.45) is 5.12. The lowest BCUT2D eigenvalue weighted by Gasteiger charge is -2.43. The molecule has 3 amide bonds. The Kier molecular flexibility index (Phi) is 8.07. The summed E-state index contributed by atoms with van der Waals surface area (Å²) in [5.74, 6) is -0.0999. The van der Waals surface area contributed by atoms with Crippen molar-refractivity contribution in [2.24, 2.45) is 18.9 Å². The topological polar surface area (TPSA) is 110 Å². The van der Waals surface area contributed by atoms with Gasteiger partial charge in [-0.15, -0.1) is 5.10 Å². The number of hydrogen-bond acceptors (Lipinski definition) is 6. The van der Waals surface area contributed by atoms with E-state index >= 15 is 0 Å². The molecule has 3 aromatic rings. The summed E-state index contributed by atoms with van der Waals surface area (Å²) in [6.45, 7) is 1.80. The third-order valence-electron chi connectivity index (χ3n) is 9.16. The van der Waals surface area contributed by atoms with Crippen LogP contribution in [0, 0.1) is 11.8 Å². The first-order valence-corrected chi connectivity index (χ1v) is 15.3. The minimum Gasteiger partial charge on any atom is -0.489 e. The fourth-order valence-electron chi connectivity index (χ4n) is 6.94. The highest BCUT2D eigenvalue weighted by Crippen LogP contribution is 2.43. The zero-order valence-electron chi connectivity index (χ0n) is 24.1. The monoisotopic (exact) mass is 592 g/mol. The van der Waals surface area contributed by atoms with Gasteiger partial charge in [0, 0.05) is 62.6 Å². The van der Waals surface area contributed by atoms with E-state index in [4.69, 9.17) is 16.3 Å². The van der Waals surface area contributed by atoms with Gasteiger partial charge in [-0.05, 0) is 61.1 Å². The first-order chi connectivity index (χ1) is 20.4. The van der Waals surface area contributed by atoms with Crippen molar-refractivity contribution in [3.63, 3.8) is 0 Å². The number of amides is 3. The molecule has 1 aliphatic carbocycles. The molecule has 222 valence electrons. The Labute approximate surface area is 250 Å². The average Bonchev–Trinajstić information content (AvgIpc) is 3.60. The van der Waals surface area contributed by atoms with Gasteiger partial charge >= 0.3 is 0 Å². The van der Waals surface area contributed by atoms with Crippen molar-refractivity contribution >= 4 is 40.4 Å².